The average Bonchev–Trinajstić information content (AvgIpc) is 2.71. The van der Waals surface area contributed by atoms with Gasteiger partial charge in [-0.2, -0.15) is 0 Å². The summed E-state index contributed by atoms with van der Waals surface area (Å²) in [5.74, 6) is 0.455. The quantitative estimate of drug-likeness (QED) is 0.503. The average molecular weight is 380 g/mol. The molecule has 0 aromatic heterocycles. The molecular weight excluding hydrogens is 352 g/mol. The highest BCUT2D eigenvalue weighted by Gasteiger charge is 2.20. The van der Waals surface area contributed by atoms with Crippen LogP contribution in [0.25, 0.3) is 0 Å². The molecule has 1 aliphatic carbocycles. The topological polar surface area (TPSA) is 105 Å². The molecule has 28 heavy (non-hydrogen) atoms. The first kappa shape index (κ1) is 19.7. The molecule has 0 unspecified atom stereocenters. The largest absolute Gasteiger partial charge is 0.491 e. The summed E-state index contributed by atoms with van der Waals surface area (Å²) in [6, 6.07) is 14.9. The summed E-state index contributed by atoms with van der Waals surface area (Å²) in [4.78, 5) is 13.3. The van der Waals surface area contributed by atoms with Gasteiger partial charge in [-0.15, -0.1) is 0 Å². The number of ether oxygens (including phenoxy) is 1. The number of nitrogens with one attached hydrogen (secondary N) is 1. The Morgan fingerprint density at radius 3 is 2.43 bits per heavy atom. The number of carbonyl (C=O) groups excluding carboxylic acids is 1. The molecule has 6 nitrogen and oxygen atoms in total. The van der Waals surface area contributed by atoms with E-state index in [4.69, 9.17) is 21.6 Å². The van der Waals surface area contributed by atoms with E-state index in [2.05, 4.69) is 0 Å². The Kier molecular flexibility index (Phi) is 6.53. The van der Waals surface area contributed by atoms with Crippen LogP contribution in [0.4, 0.5) is 5.69 Å². The minimum atomic E-state index is -0.508. The second-order valence-corrected chi connectivity index (χ2v) is 7.32. The van der Waals surface area contributed by atoms with E-state index in [9.17, 15) is 4.79 Å². The van der Waals surface area contributed by atoms with Crippen LogP contribution < -0.4 is 21.1 Å². The molecule has 1 saturated carbocycles. The maximum Gasteiger partial charge on any atom is 0.248 e. The molecule has 1 aliphatic rings. The van der Waals surface area contributed by atoms with Crippen LogP contribution in [0.1, 0.15) is 48.0 Å². The molecule has 6 heteroatoms. The molecule has 0 radical (unpaired) electrons. The van der Waals surface area contributed by atoms with E-state index in [1.54, 1.807) is 23.1 Å². The predicted molar refractivity (Wildman–Crippen MR) is 112 cm³/mol. The van der Waals surface area contributed by atoms with E-state index in [1.165, 1.54) is 19.3 Å². The number of hydrogen-bond acceptors (Lipinski definition) is 3. The number of amides is 1. The zero-order chi connectivity index (χ0) is 19.9. The Morgan fingerprint density at radius 1 is 1.07 bits per heavy atom. The van der Waals surface area contributed by atoms with Crippen LogP contribution in [-0.4, -0.2) is 18.5 Å². The maximum atomic E-state index is 11.7. The number of benzene rings is 2. The van der Waals surface area contributed by atoms with Crippen LogP contribution in [-0.2, 0) is 6.54 Å². The highest BCUT2D eigenvalue weighted by atomic mass is 16.5. The number of nitrogens with zero attached hydrogens (tertiary/aromatic N) is 1. The van der Waals surface area contributed by atoms with Gasteiger partial charge in [0.15, 0.2) is 5.96 Å². The van der Waals surface area contributed by atoms with Crippen molar-refractivity contribution < 1.29 is 9.53 Å². The van der Waals surface area contributed by atoms with Gasteiger partial charge in [0, 0.05) is 5.56 Å². The third kappa shape index (κ3) is 5.03. The molecule has 0 heterocycles. The number of primary amides is 1. The van der Waals surface area contributed by atoms with Crippen molar-refractivity contribution in [3.63, 3.8) is 0 Å². The number of anilines is 1. The molecule has 5 N–H and O–H groups in total. The molecule has 1 amide bonds. The van der Waals surface area contributed by atoms with E-state index in [0.29, 0.717) is 36.1 Å². The molecule has 3 rings (SSSR count). The Bertz CT molecular complexity index is 817. The number of guanidine groups is 1. The van der Waals surface area contributed by atoms with Crippen LogP contribution >= 0.6 is 0 Å². The van der Waals surface area contributed by atoms with Crippen LogP contribution in [0.2, 0.25) is 0 Å². The predicted octanol–water partition coefficient (Wildman–Crippen LogP) is 3.64. The first-order valence-electron chi connectivity index (χ1n) is 9.76. The molecule has 0 bridgehead atoms. The lowest BCUT2D eigenvalue weighted by atomic mass is 9.90. The minimum Gasteiger partial charge on any atom is -0.491 e. The Hall–Kier alpha value is -3.02. The summed E-state index contributed by atoms with van der Waals surface area (Å²) in [7, 11) is 0. The van der Waals surface area contributed by atoms with Gasteiger partial charge >= 0.3 is 0 Å². The molecule has 0 saturated heterocycles. The van der Waals surface area contributed by atoms with Gasteiger partial charge in [0.1, 0.15) is 5.75 Å². The Morgan fingerprint density at radius 2 is 1.79 bits per heavy atom. The highest BCUT2D eigenvalue weighted by Crippen LogP contribution is 2.32. The molecular formula is C22H28N4O2. The van der Waals surface area contributed by atoms with E-state index in [-0.39, 0.29) is 5.96 Å². The highest BCUT2D eigenvalue weighted by molar-refractivity contribution is 5.97. The van der Waals surface area contributed by atoms with Gasteiger partial charge < -0.3 is 21.1 Å². The number of hydrogen-bond donors (Lipinski definition) is 3. The molecule has 0 spiro atoms. The van der Waals surface area contributed by atoms with Crippen molar-refractivity contribution in [1.29, 1.82) is 5.41 Å². The van der Waals surface area contributed by atoms with Crippen molar-refractivity contribution in [3.8, 4) is 5.75 Å². The number of nitrogens with two attached hydrogens (primary N) is 2. The summed E-state index contributed by atoms with van der Waals surface area (Å²) >= 11 is 0. The van der Waals surface area contributed by atoms with E-state index >= 15 is 0 Å². The van der Waals surface area contributed by atoms with Gasteiger partial charge in [0.05, 0.1) is 18.8 Å². The SMILES string of the molecule is N=C(N)N(Cc1ccccc1)c1ccc(C(N)=O)cc1OCC1CCCCC1. The zero-order valence-electron chi connectivity index (χ0n) is 16.1. The fourth-order valence-corrected chi connectivity index (χ4v) is 3.63. The van der Waals surface area contributed by atoms with Gasteiger partial charge in [-0.3, -0.25) is 10.2 Å². The molecule has 0 aliphatic heterocycles. The standard InChI is InChI=1S/C22H28N4O2/c23-21(27)18-11-12-19(20(13-18)28-15-17-9-5-2-6-10-17)26(22(24)25)14-16-7-3-1-4-8-16/h1,3-4,7-8,11-13,17H,2,5-6,9-10,14-15H2,(H2,23,27)(H3,24,25). The summed E-state index contributed by atoms with van der Waals surface area (Å²) in [5, 5.41) is 8.06. The molecule has 148 valence electrons. The van der Waals surface area contributed by atoms with Crippen LogP contribution in [0.5, 0.6) is 5.75 Å². The van der Waals surface area contributed by atoms with Crippen molar-refractivity contribution >= 4 is 17.6 Å². The first-order valence-corrected chi connectivity index (χ1v) is 9.76. The van der Waals surface area contributed by atoms with Crippen molar-refractivity contribution in [3.05, 3.63) is 59.7 Å². The van der Waals surface area contributed by atoms with E-state index in [1.807, 2.05) is 30.3 Å². The van der Waals surface area contributed by atoms with Crippen molar-refractivity contribution in [1.82, 2.24) is 0 Å². The van der Waals surface area contributed by atoms with E-state index in [0.717, 1.165) is 18.4 Å². The minimum absolute atomic E-state index is 0.0850. The summed E-state index contributed by atoms with van der Waals surface area (Å²) < 4.78 is 6.13. The third-order valence-corrected chi connectivity index (χ3v) is 5.21. The molecule has 2 aromatic rings. The van der Waals surface area contributed by atoms with Gasteiger partial charge in [-0.25, -0.2) is 0 Å². The van der Waals surface area contributed by atoms with Crippen molar-refractivity contribution in [2.24, 2.45) is 17.4 Å². The second-order valence-electron chi connectivity index (χ2n) is 7.32. The number of rotatable bonds is 7. The third-order valence-electron chi connectivity index (χ3n) is 5.21. The van der Waals surface area contributed by atoms with Crippen LogP contribution in [0.15, 0.2) is 48.5 Å². The normalized spacial score (nSPS) is 14.4. The smallest absolute Gasteiger partial charge is 0.248 e. The Balaban J connectivity index is 1.87. The maximum absolute atomic E-state index is 11.7. The fraction of sp³-hybridized carbons (Fsp3) is 0.364. The lowest BCUT2D eigenvalue weighted by molar-refractivity contribution is 0.0999. The molecule has 1 fully saturated rings. The Labute approximate surface area is 166 Å². The van der Waals surface area contributed by atoms with Crippen LogP contribution in [0, 0.1) is 11.3 Å². The van der Waals surface area contributed by atoms with E-state index < -0.39 is 5.91 Å². The van der Waals surface area contributed by atoms with Gasteiger partial charge in [-0.05, 0) is 42.5 Å². The molecule has 0 atom stereocenters. The second kappa shape index (κ2) is 9.26. The van der Waals surface area contributed by atoms with Crippen molar-refractivity contribution in [2.75, 3.05) is 11.5 Å². The van der Waals surface area contributed by atoms with Crippen LogP contribution in [0.3, 0.4) is 0 Å². The lowest BCUT2D eigenvalue weighted by Crippen LogP contribution is -2.36. The summed E-state index contributed by atoms with van der Waals surface area (Å²) in [6.45, 7) is 1.03. The summed E-state index contributed by atoms with van der Waals surface area (Å²) in [5.41, 5.74) is 13.4. The van der Waals surface area contributed by atoms with Gasteiger partial charge in [-0.1, -0.05) is 49.6 Å². The molecule has 2 aromatic carbocycles. The van der Waals surface area contributed by atoms with Gasteiger partial charge in [0.25, 0.3) is 0 Å². The monoisotopic (exact) mass is 380 g/mol. The zero-order valence-corrected chi connectivity index (χ0v) is 16.1. The lowest BCUT2D eigenvalue weighted by Gasteiger charge is -2.27. The number of carbonyl (C=O) groups is 1. The van der Waals surface area contributed by atoms with Gasteiger partial charge in [0.2, 0.25) is 5.91 Å². The first-order chi connectivity index (χ1) is 13.5. The fourth-order valence-electron chi connectivity index (χ4n) is 3.63. The van der Waals surface area contributed by atoms with Crippen molar-refractivity contribution in [2.45, 2.75) is 38.6 Å². The summed E-state index contributed by atoms with van der Waals surface area (Å²) in [6.07, 6.45) is 6.07.